The number of hydrogen-bond donors (Lipinski definition) is 1. The summed E-state index contributed by atoms with van der Waals surface area (Å²) < 4.78 is 27.8. The number of piperidine rings is 1. The fraction of sp³-hybridized carbons (Fsp3) is 0.706. The fourth-order valence-electron chi connectivity index (χ4n) is 4.16. The number of hydrogen-bond acceptors (Lipinski definition) is 6. The van der Waals surface area contributed by atoms with Crippen LogP contribution < -0.4 is 0 Å². The van der Waals surface area contributed by atoms with E-state index in [0.29, 0.717) is 35.3 Å². The topological polar surface area (TPSA) is 91.8 Å². The van der Waals surface area contributed by atoms with E-state index in [1.54, 1.807) is 29.5 Å². The second kappa shape index (κ2) is 7.01. The Morgan fingerprint density at radius 1 is 1.04 bits per heavy atom. The lowest BCUT2D eigenvalue weighted by molar-refractivity contribution is 0.314. The number of aryl methyl sites for hydroxylation is 2. The molecule has 3 heterocycles. The van der Waals surface area contributed by atoms with E-state index < -0.39 is 10.0 Å². The minimum atomic E-state index is -3.53. The molecule has 1 aliphatic heterocycles. The van der Waals surface area contributed by atoms with Crippen molar-refractivity contribution in [3.8, 4) is 0 Å². The van der Waals surface area contributed by atoms with Crippen LogP contribution in [0, 0.1) is 13.8 Å². The molecule has 0 aromatic carbocycles. The summed E-state index contributed by atoms with van der Waals surface area (Å²) in [5.41, 5.74) is 1.13. The van der Waals surface area contributed by atoms with Crippen molar-refractivity contribution in [2.45, 2.75) is 69.1 Å². The van der Waals surface area contributed by atoms with Gasteiger partial charge in [0.05, 0.1) is 11.4 Å². The normalized spacial score (nSPS) is 22.9. The molecule has 142 valence electrons. The Morgan fingerprint density at radius 2 is 1.69 bits per heavy atom. The van der Waals surface area contributed by atoms with Gasteiger partial charge in [-0.15, -0.1) is 21.5 Å². The monoisotopic (exact) mass is 395 g/mol. The van der Waals surface area contributed by atoms with Gasteiger partial charge < -0.3 is 0 Å². The third-order valence-corrected chi connectivity index (χ3v) is 8.93. The lowest BCUT2D eigenvalue weighted by Crippen LogP contribution is -2.39. The van der Waals surface area contributed by atoms with Gasteiger partial charge in [-0.3, -0.25) is 5.10 Å². The van der Waals surface area contributed by atoms with E-state index in [9.17, 15) is 8.42 Å². The van der Waals surface area contributed by atoms with Crippen LogP contribution in [-0.2, 0) is 10.0 Å². The molecule has 1 saturated heterocycles. The van der Waals surface area contributed by atoms with Crippen LogP contribution in [-0.4, -0.2) is 46.2 Å². The van der Waals surface area contributed by atoms with Gasteiger partial charge in [-0.05, 0) is 39.5 Å². The summed E-state index contributed by atoms with van der Waals surface area (Å²) in [4.78, 5) is 0.321. The van der Waals surface area contributed by atoms with E-state index >= 15 is 0 Å². The van der Waals surface area contributed by atoms with Crippen molar-refractivity contribution >= 4 is 21.4 Å². The van der Waals surface area contributed by atoms with Gasteiger partial charge in [0.25, 0.3) is 0 Å². The lowest BCUT2D eigenvalue weighted by Gasteiger charge is -2.30. The van der Waals surface area contributed by atoms with Crippen molar-refractivity contribution in [3.63, 3.8) is 0 Å². The number of sulfonamides is 1. The largest absolute Gasteiger partial charge is 0.281 e. The van der Waals surface area contributed by atoms with E-state index in [1.807, 2.05) is 0 Å². The van der Waals surface area contributed by atoms with Crippen molar-refractivity contribution in [1.82, 2.24) is 24.7 Å². The molecule has 2 aliphatic rings. The van der Waals surface area contributed by atoms with Crippen molar-refractivity contribution < 1.29 is 8.42 Å². The molecule has 0 bridgehead atoms. The number of nitrogens with one attached hydrogen (secondary N) is 1. The summed E-state index contributed by atoms with van der Waals surface area (Å²) in [6.45, 7) is 4.52. The van der Waals surface area contributed by atoms with Gasteiger partial charge in [0, 0.05) is 24.9 Å². The average molecular weight is 396 g/mol. The van der Waals surface area contributed by atoms with Gasteiger partial charge in [0.15, 0.2) is 0 Å². The summed E-state index contributed by atoms with van der Waals surface area (Å²) in [7, 11) is -3.53. The molecule has 1 saturated carbocycles. The fourth-order valence-corrected chi connectivity index (χ4v) is 7.16. The zero-order valence-electron chi connectivity index (χ0n) is 15.2. The van der Waals surface area contributed by atoms with Crippen molar-refractivity contribution in [1.29, 1.82) is 0 Å². The highest BCUT2D eigenvalue weighted by Gasteiger charge is 2.35. The summed E-state index contributed by atoms with van der Waals surface area (Å²) in [6.07, 6.45) is 6.78. The zero-order chi connectivity index (χ0) is 18.3. The number of nitrogens with zero attached hydrogens (tertiary/aromatic N) is 4. The standard InChI is InChI=1S/C17H25N5O2S2/c1-11-15(12(2)19-18-11)26(23,24)22-9-5-8-14(10-22)17-21-20-16(25-17)13-6-3-4-7-13/h13-14H,3-10H2,1-2H3,(H,18,19). The van der Waals surface area contributed by atoms with Gasteiger partial charge in [-0.2, -0.15) is 9.40 Å². The molecule has 2 aromatic rings. The number of aromatic amines is 1. The highest BCUT2D eigenvalue weighted by atomic mass is 32.2. The molecule has 0 radical (unpaired) electrons. The highest BCUT2D eigenvalue weighted by Crippen LogP contribution is 2.38. The molecule has 2 fully saturated rings. The Balaban J connectivity index is 1.54. The molecular formula is C17H25N5O2S2. The first kappa shape index (κ1) is 18.1. The van der Waals surface area contributed by atoms with Crippen LogP contribution in [0.25, 0.3) is 0 Å². The molecular weight excluding hydrogens is 370 g/mol. The number of aromatic nitrogens is 4. The van der Waals surface area contributed by atoms with Gasteiger partial charge in [-0.1, -0.05) is 12.8 Å². The van der Waals surface area contributed by atoms with E-state index in [4.69, 9.17) is 0 Å². The van der Waals surface area contributed by atoms with Crippen LogP contribution >= 0.6 is 11.3 Å². The van der Waals surface area contributed by atoms with E-state index in [2.05, 4.69) is 20.4 Å². The Kier molecular flexibility index (Phi) is 4.87. The highest BCUT2D eigenvalue weighted by molar-refractivity contribution is 7.89. The molecule has 1 atom stereocenters. The second-order valence-electron chi connectivity index (χ2n) is 7.43. The maximum absolute atomic E-state index is 13.1. The minimum Gasteiger partial charge on any atom is -0.281 e. The maximum Gasteiger partial charge on any atom is 0.246 e. The van der Waals surface area contributed by atoms with Crippen LogP contribution in [0.4, 0.5) is 0 Å². The molecule has 26 heavy (non-hydrogen) atoms. The van der Waals surface area contributed by atoms with Crippen LogP contribution in [0.2, 0.25) is 0 Å². The first-order valence-corrected chi connectivity index (χ1v) is 11.6. The van der Waals surface area contributed by atoms with E-state index in [1.165, 1.54) is 25.7 Å². The molecule has 2 aromatic heterocycles. The van der Waals surface area contributed by atoms with Crippen LogP contribution in [0.1, 0.15) is 71.8 Å². The van der Waals surface area contributed by atoms with E-state index in [0.717, 1.165) is 22.9 Å². The Morgan fingerprint density at radius 3 is 2.35 bits per heavy atom. The van der Waals surface area contributed by atoms with Crippen LogP contribution in [0.5, 0.6) is 0 Å². The quantitative estimate of drug-likeness (QED) is 0.859. The first-order valence-electron chi connectivity index (χ1n) is 9.32. The Labute approximate surface area is 158 Å². The smallest absolute Gasteiger partial charge is 0.246 e. The summed E-state index contributed by atoms with van der Waals surface area (Å²) in [5.74, 6) is 0.694. The lowest BCUT2D eigenvalue weighted by atomic mass is 10.0. The van der Waals surface area contributed by atoms with E-state index in [-0.39, 0.29) is 5.92 Å². The Bertz CT molecular complexity index is 863. The molecule has 4 rings (SSSR count). The van der Waals surface area contributed by atoms with Gasteiger partial charge in [0.1, 0.15) is 14.9 Å². The second-order valence-corrected chi connectivity index (χ2v) is 10.3. The predicted octanol–water partition coefficient (Wildman–Crippen LogP) is 3.10. The predicted molar refractivity (Wildman–Crippen MR) is 99.9 cm³/mol. The summed E-state index contributed by atoms with van der Waals surface area (Å²) in [5, 5.41) is 17.8. The molecule has 1 unspecified atom stereocenters. The zero-order valence-corrected chi connectivity index (χ0v) is 16.9. The average Bonchev–Trinajstić information content (AvgIpc) is 3.35. The summed E-state index contributed by atoms with van der Waals surface area (Å²) >= 11 is 1.69. The van der Waals surface area contributed by atoms with Crippen molar-refractivity contribution in [3.05, 3.63) is 21.4 Å². The molecule has 0 amide bonds. The molecule has 1 aliphatic carbocycles. The van der Waals surface area contributed by atoms with Gasteiger partial charge in [0.2, 0.25) is 10.0 Å². The van der Waals surface area contributed by atoms with Gasteiger partial charge in [-0.25, -0.2) is 8.42 Å². The van der Waals surface area contributed by atoms with Crippen molar-refractivity contribution in [2.75, 3.05) is 13.1 Å². The number of H-pyrrole nitrogens is 1. The first-order chi connectivity index (χ1) is 12.5. The molecule has 7 nitrogen and oxygen atoms in total. The molecule has 1 N–H and O–H groups in total. The third-order valence-electron chi connectivity index (χ3n) is 5.55. The third kappa shape index (κ3) is 3.20. The summed E-state index contributed by atoms with van der Waals surface area (Å²) in [6, 6.07) is 0. The SMILES string of the molecule is Cc1n[nH]c(C)c1S(=O)(=O)N1CCCC(c2nnc(C3CCCC3)s2)C1. The van der Waals surface area contributed by atoms with Gasteiger partial charge >= 0.3 is 0 Å². The molecule has 9 heteroatoms. The molecule has 0 spiro atoms. The maximum atomic E-state index is 13.1. The van der Waals surface area contributed by atoms with Crippen molar-refractivity contribution in [2.24, 2.45) is 0 Å². The number of rotatable bonds is 4. The minimum absolute atomic E-state index is 0.138. The van der Waals surface area contributed by atoms with Crippen LogP contribution in [0.3, 0.4) is 0 Å². The van der Waals surface area contributed by atoms with Crippen LogP contribution in [0.15, 0.2) is 4.90 Å². The Hall–Kier alpha value is -1.32.